The molecule has 0 aromatic rings. The van der Waals surface area contributed by atoms with Gasteiger partial charge in [0.05, 0.1) is 25.4 Å². The fraction of sp³-hybridized carbons (Fsp3) is 0.827. The molecular formula is C52H95NO8. The average molecular weight is 862 g/mol. The Kier molecular flexibility index (Phi) is 39.5. The molecule has 1 saturated heterocycles. The Morgan fingerprint density at radius 2 is 0.967 bits per heavy atom. The van der Waals surface area contributed by atoms with Crippen LogP contribution in [0.5, 0.6) is 0 Å². The number of aliphatic hydroxyl groups excluding tert-OH is 5. The van der Waals surface area contributed by atoms with E-state index in [1.165, 1.54) is 135 Å². The van der Waals surface area contributed by atoms with E-state index in [2.05, 4.69) is 55.6 Å². The summed E-state index contributed by atoms with van der Waals surface area (Å²) in [4.78, 5) is 13.0. The van der Waals surface area contributed by atoms with Crippen molar-refractivity contribution in [2.45, 2.75) is 262 Å². The number of hydrogen-bond acceptors (Lipinski definition) is 8. The average Bonchev–Trinajstić information content (AvgIpc) is 3.26. The third-order valence-electron chi connectivity index (χ3n) is 11.9. The molecule has 356 valence electrons. The van der Waals surface area contributed by atoms with Crippen LogP contribution in [0.25, 0.3) is 0 Å². The van der Waals surface area contributed by atoms with E-state index in [-0.39, 0.29) is 12.5 Å². The van der Waals surface area contributed by atoms with Crippen molar-refractivity contribution in [2.75, 3.05) is 13.2 Å². The van der Waals surface area contributed by atoms with Crippen LogP contribution in [-0.4, -0.2) is 87.5 Å². The summed E-state index contributed by atoms with van der Waals surface area (Å²) < 4.78 is 11.2. The maximum Gasteiger partial charge on any atom is 0.220 e. The molecule has 61 heavy (non-hydrogen) atoms. The Hall–Kier alpha value is -1.85. The van der Waals surface area contributed by atoms with Gasteiger partial charge in [0, 0.05) is 6.42 Å². The van der Waals surface area contributed by atoms with Crippen molar-refractivity contribution in [3.8, 4) is 0 Å². The molecule has 6 N–H and O–H groups in total. The fourth-order valence-electron chi connectivity index (χ4n) is 7.81. The maximum absolute atomic E-state index is 13.0. The van der Waals surface area contributed by atoms with Crippen molar-refractivity contribution in [3.63, 3.8) is 0 Å². The third kappa shape index (κ3) is 32.5. The first-order valence-electron chi connectivity index (χ1n) is 25.4. The molecule has 7 atom stereocenters. The van der Waals surface area contributed by atoms with E-state index in [4.69, 9.17) is 9.47 Å². The lowest BCUT2D eigenvalue weighted by atomic mass is 9.99. The first kappa shape index (κ1) is 57.2. The minimum absolute atomic E-state index is 0.190. The van der Waals surface area contributed by atoms with Gasteiger partial charge in [0.1, 0.15) is 24.4 Å². The minimum Gasteiger partial charge on any atom is -0.394 e. The summed E-state index contributed by atoms with van der Waals surface area (Å²) in [7, 11) is 0. The van der Waals surface area contributed by atoms with E-state index in [0.717, 1.165) is 64.2 Å². The number of carbonyl (C=O) groups excluding carboxylic acids is 1. The molecule has 1 fully saturated rings. The molecule has 0 radical (unpaired) electrons. The van der Waals surface area contributed by atoms with Gasteiger partial charge in [0.15, 0.2) is 6.29 Å². The predicted molar refractivity (Wildman–Crippen MR) is 253 cm³/mol. The number of allylic oxidation sites excluding steroid dienone is 7. The molecule has 0 aromatic carbocycles. The van der Waals surface area contributed by atoms with Crippen molar-refractivity contribution < 1.29 is 39.8 Å². The van der Waals surface area contributed by atoms with E-state index in [9.17, 15) is 30.3 Å². The third-order valence-corrected chi connectivity index (χ3v) is 11.9. The van der Waals surface area contributed by atoms with Gasteiger partial charge in [-0.1, -0.05) is 204 Å². The molecule has 1 aliphatic heterocycles. The van der Waals surface area contributed by atoms with E-state index in [1.807, 2.05) is 6.08 Å². The Bertz CT molecular complexity index is 1090. The number of aliphatic hydroxyl groups is 5. The van der Waals surface area contributed by atoms with E-state index in [0.29, 0.717) is 6.42 Å². The zero-order valence-corrected chi connectivity index (χ0v) is 39.2. The number of hydrogen-bond donors (Lipinski definition) is 6. The standard InChI is InChI=1S/C52H95NO8/c1-3-5-7-9-11-13-15-17-19-21-23-25-27-29-31-33-35-37-39-41-46(55)45(44-60-52-51(59)50(58)49(57)47(43-54)61-52)53-48(56)42-40-38-36-34-32-30-28-26-24-22-20-18-16-14-12-10-8-6-4-2/h12,14,18,20,24,26,39,41,45-47,49-52,54-55,57-59H,3-11,13,15-17,19,21-23,25,27-38,40,42-44H2,1-2H3,(H,53,56)/b14-12-,20-18-,26-24-,41-39+. The van der Waals surface area contributed by atoms with Crippen LogP contribution in [0.3, 0.4) is 0 Å². The number of unbranched alkanes of at least 4 members (excludes halogenated alkanes) is 26. The van der Waals surface area contributed by atoms with Gasteiger partial charge >= 0.3 is 0 Å². The highest BCUT2D eigenvalue weighted by atomic mass is 16.7. The van der Waals surface area contributed by atoms with Crippen molar-refractivity contribution in [1.29, 1.82) is 0 Å². The summed E-state index contributed by atoms with van der Waals surface area (Å²) in [6.45, 7) is 3.75. The molecule has 7 unspecified atom stereocenters. The van der Waals surface area contributed by atoms with Gasteiger partial charge < -0.3 is 40.3 Å². The fourth-order valence-corrected chi connectivity index (χ4v) is 7.81. The zero-order valence-electron chi connectivity index (χ0n) is 39.2. The summed E-state index contributed by atoms with van der Waals surface area (Å²) >= 11 is 0. The second kappa shape index (κ2) is 42.1. The molecule has 1 rings (SSSR count). The van der Waals surface area contributed by atoms with Crippen LogP contribution in [0, 0.1) is 0 Å². The molecule has 9 nitrogen and oxygen atoms in total. The smallest absolute Gasteiger partial charge is 0.220 e. The minimum atomic E-state index is -1.57. The monoisotopic (exact) mass is 862 g/mol. The topological polar surface area (TPSA) is 149 Å². The van der Waals surface area contributed by atoms with Crippen molar-refractivity contribution >= 4 is 5.91 Å². The number of carbonyl (C=O) groups is 1. The second-order valence-electron chi connectivity index (χ2n) is 17.6. The highest BCUT2D eigenvalue weighted by molar-refractivity contribution is 5.76. The number of rotatable bonds is 42. The van der Waals surface area contributed by atoms with E-state index < -0.39 is 49.5 Å². The van der Waals surface area contributed by atoms with Crippen molar-refractivity contribution in [1.82, 2.24) is 5.32 Å². The Morgan fingerprint density at radius 3 is 1.46 bits per heavy atom. The van der Waals surface area contributed by atoms with Crippen LogP contribution in [0.15, 0.2) is 48.6 Å². The lowest BCUT2D eigenvalue weighted by Gasteiger charge is -2.40. The van der Waals surface area contributed by atoms with Crippen molar-refractivity contribution in [2.24, 2.45) is 0 Å². The highest BCUT2D eigenvalue weighted by Crippen LogP contribution is 2.23. The van der Waals surface area contributed by atoms with Gasteiger partial charge in [0.2, 0.25) is 5.91 Å². The molecule has 1 amide bonds. The number of nitrogens with one attached hydrogen (secondary N) is 1. The molecule has 1 heterocycles. The van der Waals surface area contributed by atoms with Gasteiger partial charge in [-0.25, -0.2) is 0 Å². The predicted octanol–water partition coefficient (Wildman–Crippen LogP) is 11.4. The quantitative estimate of drug-likeness (QED) is 0.0262. The first-order valence-corrected chi connectivity index (χ1v) is 25.4. The molecule has 9 heteroatoms. The molecule has 0 spiro atoms. The summed E-state index contributed by atoms with van der Waals surface area (Å²) in [6, 6.07) is -0.813. The van der Waals surface area contributed by atoms with Crippen LogP contribution in [0.1, 0.15) is 219 Å². The highest BCUT2D eigenvalue weighted by Gasteiger charge is 2.44. The van der Waals surface area contributed by atoms with E-state index >= 15 is 0 Å². The van der Waals surface area contributed by atoms with Gasteiger partial charge in [-0.05, 0) is 57.8 Å². The van der Waals surface area contributed by atoms with Crippen LogP contribution in [-0.2, 0) is 14.3 Å². The van der Waals surface area contributed by atoms with Crippen molar-refractivity contribution in [3.05, 3.63) is 48.6 Å². The second-order valence-corrected chi connectivity index (χ2v) is 17.6. The molecule has 0 bridgehead atoms. The SMILES string of the molecule is CCCCC/C=C\C/C=C\C/C=C\CCCCCCCCC(=O)NC(COC1OC(CO)C(O)C(O)C1O)C(O)/C=C/CCCCCCCCCCCCCCCCCCC. The van der Waals surface area contributed by atoms with Gasteiger partial charge in [-0.15, -0.1) is 0 Å². The lowest BCUT2D eigenvalue weighted by molar-refractivity contribution is -0.302. The van der Waals surface area contributed by atoms with Gasteiger partial charge in [-0.2, -0.15) is 0 Å². The summed E-state index contributed by atoms with van der Waals surface area (Å²) in [5, 5.41) is 54.3. The molecule has 1 aliphatic rings. The first-order chi connectivity index (χ1) is 29.8. The summed E-state index contributed by atoms with van der Waals surface area (Å²) in [5.74, 6) is -0.190. The summed E-state index contributed by atoms with van der Waals surface area (Å²) in [6.07, 6.45) is 47.2. The molecule has 0 aliphatic carbocycles. The van der Waals surface area contributed by atoms with Crippen LogP contribution in [0.4, 0.5) is 0 Å². The molecular weight excluding hydrogens is 767 g/mol. The summed E-state index contributed by atoms with van der Waals surface area (Å²) in [5.41, 5.74) is 0. The normalized spacial score (nSPS) is 20.8. The maximum atomic E-state index is 13.0. The number of ether oxygens (including phenoxy) is 2. The van der Waals surface area contributed by atoms with Gasteiger partial charge in [-0.3, -0.25) is 4.79 Å². The Balaban J connectivity index is 2.33. The Labute approximate surface area is 373 Å². The Morgan fingerprint density at radius 1 is 0.557 bits per heavy atom. The van der Waals surface area contributed by atoms with Gasteiger partial charge in [0.25, 0.3) is 0 Å². The molecule has 0 saturated carbocycles. The number of amides is 1. The zero-order chi connectivity index (χ0) is 44.4. The van der Waals surface area contributed by atoms with Crippen LogP contribution >= 0.6 is 0 Å². The van der Waals surface area contributed by atoms with Crippen LogP contribution in [0.2, 0.25) is 0 Å². The lowest BCUT2D eigenvalue weighted by Crippen LogP contribution is -2.60. The van der Waals surface area contributed by atoms with Crippen LogP contribution < -0.4 is 5.32 Å². The molecule has 0 aromatic heterocycles. The largest absolute Gasteiger partial charge is 0.394 e. The van der Waals surface area contributed by atoms with E-state index in [1.54, 1.807) is 6.08 Å².